The van der Waals surface area contributed by atoms with Gasteiger partial charge in [0.25, 0.3) is 0 Å². The molecule has 0 aromatic heterocycles. The number of para-hydroxylation sites is 1. The number of rotatable bonds is 6. The molecule has 154 valence electrons. The highest BCUT2D eigenvalue weighted by Crippen LogP contribution is 2.25. The highest BCUT2D eigenvalue weighted by molar-refractivity contribution is 6.10. The predicted molar refractivity (Wildman–Crippen MR) is 117 cm³/mol. The summed E-state index contributed by atoms with van der Waals surface area (Å²) in [7, 11) is 0. The largest absolute Gasteiger partial charge is 0.339 e. The summed E-state index contributed by atoms with van der Waals surface area (Å²) in [5.74, 6) is -0.363. The van der Waals surface area contributed by atoms with Crippen molar-refractivity contribution < 1.29 is 9.59 Å². The fourth-order valence-corrected chi connectivity index (χ4v) is 3.67. The second-order valence-electron chi connectivity index (χ2n) is 8.14. The summed E-state index contributed by atoms with van der Waals surface area (Å²) in [6.45, 7) is 9.30. The van der Waals surface area contributed by atoms with E-state index in [0.29, 0.717) is 13.1 Å². The Morgan fingerprint density at radius 2 is 1.55 bits per heavy atom. The lowest BCUT2D eigenvalue weighted by Gasteiger charge is -2.38. The van der Waals surface area contributed by atoms with Crippen LogP contribution >= 0.6 is 0 Å². The van der Waals surface area contributed by atoms with Gasteiger partial charge >= 0.3 is 0 Å². The number of hydrogen-bond acceptors (Lipinski definition) is 3. The fourth-order valence-electron chi connectivity index (χ4n) is 3.67. The highest BCUT2D eigenvalue weighted by Gasteiger charge is 2.40. The molecular weight excluding hydrogens is 362 g/mol. The molecule has 2 aromatic carbocycles. The minimum absolute atomic E-state index is 0.108. The topological polar surface area (TPSA) is 52.7 Å². The molecular formula is C24H31N3O2. The van der Waals surface area contributed by atoms with Gasteiger partial charge in [-0.25, -0.2) is 0 Å². The minimum atomic E-state index is -1.11. The predicted octanol–water partition coefficient (Wildman–Crippen LogP) is 3.56. The van der Waals surface area contributed by atoms with Crippen LogP contribution in [0.3, 0.4) is 0 Å². The van der Waals surface area contributed by atoms with E-state index in [0.717, 1.165) is 37.3 Å². The molecule has 3 rings (SSSR count). The van der Waals surface area contributed by atoms with E-state index in [9.17, 15) is 9.59 Å². The second-order valence-corrected chi connectivity index (χ2v) is 8.14. The molecule has 5 heteroatoms. The lowest BCUT2D eigenvalue weighted by atomic mass is 9.89. The standard InChI is InChI=1S/C24H31N3O2/c1-4-20-12-8-9-13-21(20)25-22(28)24(2,3)23(29)27-16-14-26(15-17-27)18-19-10-6-5-7-11-19/h5-13H,4,14-18H2,1-3H3,(H,25,28). The van der Waals surface area contributed by atoms with Gasteiger partial charge in [0.1, 0.15) is 5.41 Å². The van der Waals surface area contributed by atoms with Crippen LogP contribution in [-0.4, -0.2) is 47.8 Å². The smallest absolute Gasteiger partial charge is 0.239 e. The third-order valence-electron chi connectivity index (χ3n) is 5.66. The van der Waals surface area contributed by atoms with Crippen molar-refractivity contribution in [1.82, 2.24) is 9.80 Å². The first kappa shape index (κ1) is 21.1. The average molecular weight is 394 g/mol. The SMILES string of the molecule is CCc1ccccc1NC(=O)C(C)(C)C(=O)N1CCN(Cc2ccccc2)CC1. The van der Waals surface area contributed by atoms with Crippen LogP contribution in [0, 0.1) is 5.41 Å². The molecule has 1 fully saturated rings. The second kappa shape index (κ2) is 9.23. The van der Waals surface area contributed by atoms with E-state index in [1.54, 1.807) is 13.8 Å². The molecule has 1 saturated heterocycles. The number of hydrogen-bond donors (Lipinski definition) is 1. The molecule has 5 nitrogen and oxygen atoms in total. The first-order valence-corrected chi connectivity index (χ1v) is 10.4. The number of anilines is 1. The average Bonchev–Trinajstić information content (AvgIpc) is 2.75. The van der Waals surface area contributed by atoms with Crippen molar-refractivity contribution in [1.29, 1.82) is 0 Å². The molecule has 1 N–H and O–H groups in total. The van der Waals surface area contributed by atoms with Crippen LogP contribution in [0.25, 0.3) is 0 Å². The van der Waals surface area contributed by atoms with Gasteiger partial charge in [0, 0.05) is 38.4 Å². The summed E-state index contributed by atoms with van der Waals surface area (Å²) < 4.78 is 0. The zero-order valence-corrected chi connectivity index (χ0v) is 17.6. The van der Waals surface area contributed by atoms with Gasteiger partial charge in [0.2, 0.25) is 11.8 Å². The molecule has 0 unspecified atom stereocenters. The first-order valence-electron chi connectivity index (χ1n) is 10.4. The van der Waals surface area contributed by atoms with Crippen LogP contribution in [0.1, 0.15) is 31.9 Å². The molecule has 0 atom stereocenters. The van der Waals surface area contributed by atoms with E-state index in [2.05, 4.69) is 29.3 Å². The van der Waals surface area contributed by atoms with Crippen LogP contribution in [0.4, 0.5) is 5.69 Å². The van der Waals surface area contributed by atoms with Crippen LogP contribution in [0.2, 0.25) is 0 Å². The van der Waals surface area contributed by atoms with E-state index >= 15 is 0 Å². The summed E-state index contributed by atoms with van der Waals surface area (Å²) in [4.78, 5) is 30.2. The van der Waals surface area contributed by atoms with Gasteiger partial charge in [-0.2, -0.15) is 0 Å². The van der Waals surface area contributed by atoms with Gasteiger partial charge in [-0.05, 0) is 37.5 Å². The molecule has 2 aromatic rings. The highest BCUT2D eigenvalue weighted by atomic mass is 16.2. The Hall–Kier alpha value is -2.66. The maximum absolute atomic E-state index is 13.1. The molecule has 29 heavy (non-hydrogen) atoms. The van der Waals surface area contributed by atoms with Gasteiger partial charge in [0.15, 0.2) is 0 Å². The number of nitrogens with zero attached hydrogens (tertiary/aromatic N) is 2. The van der Waals surface area contributed by atoms with Crippen LogP contribution in [-0.2, 0) is 22.6 Å². The number of nitrogens with one attached hydrogen (secondary N) is 1. The molecule has 1 aliphatic rings. The molecule has 0 spiro atoms. The zero-order valence-electron chi connectivity index (χ0n) is 17.6. The van der Waals surface area contributed by atoms with Gasteiger partial charge in [-0.3, -0.25) is 14.5 Å². The third-order valence-corrected chi connectivity index (χ3v) is 5.66. The Morgan fingerprint density at radius 3 is 2.21 bits per heavy atom. The monoisotopic (exact) mass is 393 g/mol. The van der Waals surface area contributed by atoms with Gasteiger partial charge in [-0.1, -0.05) is 55.5 Å². The lowest BCUT2D eigenvalue weighted by molar-refractivity contribution is -0.147. The van der Waals surface area contributed by atoms with Crippen LogP contribution < -0.4 is 5.32 Å². The molecule has 0 saturated carbocycles. The van der Waals surface area contributed by atoms with Crippen molar-refractivity contribution in [2.24, 2.45) is 5.41 Å². The maximum atomic E-state index is 13.1. The van der Waals surface area contributed by atoms with Crippen LogP contribution in [0.15, 0.2) is 54.6 Å². The summed E-state index contributed by atoms with van der Waals surface area (Å²) in [6, 6.07) is 18.1. The number of benzene rings is 2. The summed E-state index contributed by atoms with van der Waals surface area (Å²) in [6.07, 6.45) is 0.828. The van der Waals surface area contributed by atoms with Crippen molar-refractivity contribution in [3.05, 3.63) is 65.7 Å². The number of aryl methyl sites for hydroxylation is 1. The van der Waals surface area contributed by atoms with Crippen molar-refractivity contribution in [3.8, 4) is 0 Å². The lowest BCUT2D eigenvalue weighted by Crippen LogP contribution is -2.54. The van der Waals surface area contributed by atoms with E-state index in [1.807, 2.05) is 47.4 Å². The van der Waals surface area contributed by atoms with Crippen molar-refractivity contribution in [2.75, 3.05) is 31.5 Å². The van der Waals surface area contributed by atoms with E-state index in [4.69, 9.17) is 0 Å². The zero-order chi connectivity index (χ0) is 20.9. The molecule has 2 amide bonds. The number of piperazine rings is 1. The van der Waals surface area contributed by atoms with Gasteiger partial charge < -0.3 is 10.2 Å². The molecule has 0 bridgehead atoms. The molecule has 0 aliphatic carbocycles. The maximum Gasteiger partial charge on any atom is 0.239 e. The quantitative estimate of drug-likeness (QED) is 0.764. The Labute approximate surface area is 173 Å². The molecule has 1 aliphatic heterocycles. The summed E-state index contributed by atoms with van der Waals surface area (Å²) in [5.41, 5.74) is 2.02. The number of carbonyl (C=O) groups excluding carboxylic acids is 2. The van der Waals surface area contributed by atoms with E-state index < -0.39 is 5.41 Å². The summed E-state index contributed by atoms with van der Waals surface area (Å²) in [5, 5.41) is 2.97. The fraction of sp³-hybridized carbons (Fsp3) is 0.417. The minimum Gasteiger partial charge on any atom is -0.339 e. The third kappa shape index (κ3) is 5.04. The number of amides is 2. The Bertz CT molecular complexity index is 840. The van der Waals surface area contributed by atoms with E-state index in [1.165, 1.54) is 5.56 Å². The first-order chi connectivity index (χ1) is 13.9. The normalized spacial score (nSPS) is 15.2. The van der Waals surface area contributed by atoms with E-state index in [-0.39, 0.29) is 11.8 Å². The molecule has 1 heterocycles. The summed E-state index contributed by atoms with van der Waals surface area (Å²) >= 11 is 0. The van der Waals surface area contributed by atoms with Gasteiger partial charge in [0.05, 0.1) is 0 Å². The van der Waals surface area contributed by atoms with Crippen molar-refractivity contribution in [3.63, 3.8) is 0 Å². The van der Waals surface area contributed by atoms with Crippen molar-refractivity contribution >= 4 is 17.5 Å². The van der Waals surface area contributed by atoms with Crippen LogP contribution in [0.5, 0.6) is 0 Å². The van der Waals surface area contributed by atoms with Crippen molar-refractivity contribution in [2.45, 2.75) is 33.7 Å². The Kier molecular flexibility index (Phi) is 6.70. The number of carbonyl (C=O) groups is 2. The molecule has 0 radical (unpaired) electrons. The Balaban J connectivity index is 1.58. The Morgan fingerprint density at radius 1 is 0.931 bits per heavy atom. The van der Waals surface area contributed by atoms with Gasteiger partial charge in [-0.15, -0.1) is 0 Å².